The van der Waals surface area contributed by atoms with Crippen LogP contribution in [0.15, 0.2) is 12.7 Å². The fraction of sp³-hybridized carbons (Fsp3) is 0.906. The Hall–Kier alpha value is -0.430. The van der Waals surface area contributed by atoms with E-state index in [-0.39, 0.29) is 40.6 Å². The zero-order valence-electron chi connectivity index (χ0n) is 24.3. The molecular formula is C32H53BrN2O3. The fourth-order valence-corrected chi connectivity index (χ4v) is 11.5. The number of likely N-dealkylation sites (tertiary alicyclic amines) is 2. The lowest BCUT2D eigenvalue weighted by Gasteiger charge is -2.62. The van der Waals surface area contributed by atoms with Crippen LogP contribution in [0.1, 0.15) is 91.4 Å². The summed E-state index contributed by atoms with van der Waals surface area (Å²) in [7, 11) is 0. The summed E-state index contributed by atoms with van der Waals surface area (Å²) in [5.74, 6) is 2.66. The second-order valence-corrected chi connectivity index (χ2v) is 14.7. The molecule has 3 unspecified atom stereocenters. The summed E-state index contributed by atoms with van der Waals surface area (Å²) in [6, 6.07) is 0.765. The average molecular weight is 594 g/mol. The monoisotopic (exact) mass is 592 g/mol. The lowest BCUT2D eigenvalue weighted by atomic mass is 9.44. The van der Waals surface area contributed by atoms with Crippen molar-refractivity contribution in [3.63, 3.8) is 0 Å². The van der Waals surface area contributed by atoms with Crippen molar-refractivity contribution < 1.29 is 36.1 Å². The van der Waals surface area contributed by atoms with Crippen molar-refractivity contribution in [2.75, 3.05) is 32.7 Å². The molecule has 216 valence electrons. The van der Waals surface area contributed by atoms with Crippen LogP contribution in [0.4, 0.5) is 0 Å². The van der Waals surface area contributed by atoms with Gasteiger partial charge in [-0.3, -0.25) is 9.69 Å². The minimum atomic E-state index is -0.149. The van der Waals surface area contributed by atoms with Gasteiger partial charge in [0.2, 0.25) is 0 Å². The Balaban J connectivity index is 0.00000294. The maximum Gasteiger partial charge on any atom is 0.303 e. The summed E-state index contributed by atoms with van der Waals surface area (Å²) in [5, 5.41) is 11.2. The average Bonchev–Trinajstić information content (AvgIpc) is 3.60. The summed E-state index contributed by atoms with van der Waals surface area (Å²) < 4.78 is 7.45. The van der Waals surface area contributed by atoms with Crippen LogP contribution in [0.25, 0.3) is 0 Å². The van der Waals surface area contributed by atoms with Crippen molar-refractivity contribution >= 4 is 5.97 Å². The maximum atomic E-state index is 12.5. The molecule has 1 N–H and O–H groups in total. The molecule has 0 aromatic rings. The van der Waals surface area contributed by atoms with Gasteiger partial charge in [0, 0.05) is 37.6 Å². The third-order valence-corrected chi connectivity index (χ3v) is 13.2. The van der Waals surface area contributed by atoms with Gasteiger partial charge in [-0.25, -0.2) is 0 Å². The molecule has 6 heteroatoms. The van der Waals surface area contributed by atoms with Crippen molar-refractivity contribution in [2.24, 2.45) is 34.5 Å². The van der Waals surface area contributed by atoms with Crippen LogP contribution >= 0.6 is 0 Å². The number of carbonyl (C=O) groups excluding carboxylic acids is 1. The lowest BCUT2D eigenvalue weighted by Crippen LogP contribution is -3.00. The molecule has 10 atom stereocenters. The van der Waals surface area contributed by atoms with Crippen LogP contribution in [-0.4, -0.2) is 77.5 Å². The van der Waals surface area contributed by atoms with Crippen LogP contribution < -0.4 is 17.0 Å². The Bertz CT molecular complexity index is 886. The minimum Gasteiger partial charge on any atom is -1.00 e. The predicted molar refractivity (Wildman–Crippen MR) is 147 cm³/mol. The van der Waals surface area contributed by atoms with Gasteiger partial charge in [0.05, 0.1) is 25.7 Å². The number of halogens is 1. The number of rotatable bonds is 5. The number of ether oxygens (including phenoxy) is 1. The molecule has 0 aromatic heterocycles. The number of hydrogen-bond donors (Lipinski definition) is 1. The van der Waals surface area contributed by atoms with Gasteiger partial charge in [0.25, 0.3) is 0 Å². The third-order valence-electron chi connectivity index (χ3n) is 13.2. The summed E-state index contributed by atoms with van der Waals surface area (Å²) >= 11 is 0. The Morgan fingerprint density at radius 3 is 2.42 bits per heavy atom. The molecule has 38 heavy (non-hydrogen) atoms. The molecule has 2 heterocycles. The first kappa shape index (κ1) is 29.1. The van der Waals surface area contributed by atoms with E-state index in [9.17, 15) is 9.90 Å². The molecule has 0 spiro atoms. The predicted octanol–water partition coefficient (Wildman–Crippen LogP) is 2.18. The number of esters is 1. The summed E-state index contributed by atoms with van der Waals surface area (Å²) in [4.78, 5) is 15.1. The standard InChI is InChI=1S/C32H53N2O3.BrH/c1-5-16-34(17-8-9-18-34)28-20-26-24-11-10-23-19-29(36)27(33-14-6-7-15-33)21-32(23,4)25(24)12-13-31(26,3)30(28)37-22(2)35;/h5,23-30,36H,1,6-21H2,2-4H3;1H/q+1;/p-1/t23-,24?,25?,26?,27-,28-,29-,30+,31-,32-;/m0./s1. The van der Waals surface area contributed by atoms with Crippen LogP contribution in [0, 0.1) is 34.5 Å². The van der Waals surface area contributed by atoms with E-state index in [0.717, 1.165) is 29.3 Å². The van der Waals surface area contributed by atoms with Gasteiger partial charge >= 0.3 is 5.97 Å². The summed E-state index contributed by atoms with van der Waals surface area (Å²) in [6.07, 6.45) is 15.6. The van der Waals surface area contributed by atoms with Crippen LogP contribution in [0.3, 0.4) is 0 Å². The van der Waals surface area contributed by atoms with Crippen LogP contribution in [-0.2, 0) is 9.53 Å². The highest BCUT2D eigenvalue weighted by Crippen LogP contribution is 2.67. The van der Waals surface area contributed by atoms with E-state index < -0.39 is 0 Å². The molecule has 0 amide bonds. The van der Waals surface area contributed by atoms with E-state index >= 15 is 0 Å². The van der Waals surface area contributed by atoms with Crippen molar-refractivity contribution in [1.29, 1.82) is 0 Å². The lowest BCUT2D eigenvalue weighted by molar-refractivity contribution is -0.937. The smallest absolute Gasteiger partial charge is 0.303 e. The number of quaternary nitrogens is 1. The van der Waals surface area contributed by atoms with Gasteiger partial charge < -0.3 is 31.3 Å². The third kappa shape index (κ3) is 4.47. The molecular weight excluding hydrogens is 540 g/mol. The zero-order chi connectivity index (χ0) is 26.0. The van der Waals surface area contributed by atoms with E-state index in [1.807, 2.05) is 0 Å². The molecule has 6 rings (SSSR count). The molecule has 5 nitrogen and oxygen atoms in total. The second-order valence-electron chi connectivity index (χ2n) is 14.7. The van der Waals surface area contributed by atoms with Gasteiger partial charge in [-0.1, -0.05) is 20.4 Å². The zero-order valence-corrected chi connectivity index (χ0v) is 25.8. The Morgan fingerprint density at radius 1 is 1.05 bits per heavy atom. The van der Waals surface area contributed by atoms with Crippen LogP contribution in [0.5, 0.6) is 0 Å². The molecule has 0 bridgehead atoms. The number of hydrogen-bond acceptors (Lipinski definition) is 4. The van der Waals surface area contributed by atoms with Crippen molar-refractivity contribution in [3.8, 4) is 0 Å². The number of fused-ring (bicyclic) bond motifs is 5. The van der Waals surface area contributed by atoms with Crippen molar-refractivity contribution in [1.82, 2.24) is 4.90 Å². The SMILES string of the molecule is C=CC[N+]1([C@H]2CC3C4CC[C@H]5C[C@H](O)[C@@H](N6CCCC6)C[C@]5(C)C4CC[C@]3(C)[C@@H]2OC(C)=O)CCCC1.[Br-]. The van der Waals surface area contributed by atoms with E-state index in [4.69, 9.17) is 4.74 Å². The van der Waals surface area contributed by atoms with Gasteiger partial charge in [0.1, 0.15) is 6.04 Å². The van der Waals surface area contributed by atoms with E-state index in [1.54, 1.807) is 6.92 Å². The first-order valence-corrected chi connectivity index (χ1v) is 15.8. The molecule has 2 saturated heterocycles. The number of carbonyl (C=O) groups is 1. The molecule has 6 aliphatic rings. The molecule has 6 fully saturated rings. The molecule has 0 aromatic carbocycles. The quantitative estimate of drug-likeness (QED) is 0.302. The van der Waals surface area contributed by atoms with Crippen molar-refractivity contribution in [2.45, 2.75) is 116 Å². The Morgan fingerprint density at radius 2 is 1.76 bits per heavy atom. The first-order chi connectivity index (χ1) is 17.7. The normalized spacial score (nSPS) is 47.9. The minimum absolute atomic E-state index is 0. The highest BCUT2D eigenvalue weighted by molar-refractivity contribution is 5.66. The van der Waals surface area contributed by atoms with Gasteiger partial charge in [-0.15, -0.1) is 0 Å². The van der Waals surface area contributed by atoms with E-state index in [0.29, 0.717) is 29.3 Å². The van der Waals surface area contributed by atoms with Crippen molar-refractivity contribution in [3.05, 3.63) is 12.7 Å². The van der Waals surface area contributed by atoms with E-state index in [1.165, 1.54) is 90.4 Å². The highest BCUT2D eigenvalue weighted by atomic mass is 79.9. The second kappa shape index (κ2) is 10.8. The molecule has 4 aliphatic carbocycles. The Kier molecular flexibility index (Phi) is 8.23. The maximum absolute atomic E-state index is 12.5. The molecule has 0 radical (unpaired) electrons. The Labute approximate surface area is 242 Å². The topological polar surface area (TPSA) is 49.8 Å². The van der Waals surface area contributed by atoms with E-state index in [2.05, 4.69) is 31.4 Å². The van der Waals surface area contributed by atoms with Gasteiger partial charge in [-0.2, -0.15) is 0 Å². The number of aliphatic hydroxyl groups is 1. The number of nitrogens with zero attached hydrogens (tertiary/aromatic N) is 2. The number of aliphatic hydroxyl groups excluding tert-OH is 1. The summed E-state index contributed by atoms with van der Waals surface area (Å²) in [5.41, 5.74) is 0.408. The molecule has 4 saturated carbocycles. The summed E-state index contributed by atoms with van der Waals surface area (Å²) in [6.45, 7) is 16.7. The van der Waals surface area contributed by atoms with Gasteiger partial charge in [0.15, 0.2) is 6.10 Å². The fourth-order valence-electron chi connectivity index (χ4n) is 11.5. The largest absolute Gasteiger partial charge is 1.00 e. The molecule has 2 aliphatic heterocycles. The van der Waals surface area contributed by atoms with Crippen LogP contribution in [0.2, 0.25) is 0 Å². The van der Waals surface area contributed by atoms with Gasteiger partial charge in [-0.05, 0) is 99.6 Å². The highest BCUT2D eigenvalue weighted by Gasteiger charge is 2.67. The first-order valence-electron chi connectivity index (χ1n) is 15.8.